The predicted octanol–water partition coefficient (Wildman–Crippen LogP) is 4.66. The quantitative estimate of drug-likeness (QED) is 0.593. The smallest absolute Gasteiger partial charge is 0.193 e. The molecule has 0 aliphatic heterocycles. The molecule has 21 heavy (non-hydrogen) atoms. The number of ether oxygens (including phenoxy) is 1. The van der Waals surface area contributed by atoms with Crippen LogP contribution in [0.2, 0.25) is 0 Å². The van der Waals surface area contributed by atoms with Crippen molar-refractivity contribution < 1.29 is 9.53 Å². The lowest BCUT2D eigenvalue weighted by molar-refractivity contribution is 0.103. The van der Waals surface area contributed by atoms with Crippen molar-refractivity contribution >= 4 is 17.5 Å². The van der Waals surface area contributed by atoms with Crippen molar-refractivity contribution in [2.75, 3.05) is 12.9 Å². The molecule has 0 heterocycles. The summed E-state index contributed by atoms with van der Waals surface area (Å²) in [5.41, 5.74) is 3.38. The van der Waals surface area contributed by atoms with Crippen LogP contribution in [0.5, 0.6) is 5.75 Å². The minimum Gasteiger partial charge on any atom is -0.496 e. The van der Waals surface area contributed by atoms with Crippen molar-refractivity contribution in [2.24, 2.45) is 0 Å². The molecule has 110 valence electrons. The average molecular weight is 300 g/mol. The van der Waals surface area contributed by atoms with E-state index in [1.54, 1.807) is 18.9 Å². The summed E-state index contributed by atoms with van der Waals surface area (Å²) in [7, 11) is 1.65. The van der Waals surface area contributed by atoms with Crippen LogP contribution in [0, 0.1) is 13.8 Å². The zero-order valence-electron chi connectivity index (χ0n) is 12.9. The molecule has 0 aromatic heterocycles. The molecule has 0 aliphatic rings. The first kappa shape index (κ1) is 15.6. The maximum atomic E-state index is 12.6. The van der Waals surface area contributed by atoms with Crippen LogP contribution in [0.4, 0.5) is 0 Å². The highest BCUT2D eigenvalue weighted by Crippen LogP contribution is 2.25. The third kappa shape index (κ3) is 3.48. The van der Waals surface area contributed by atoms with Gasteiger partial charge in [0, 0.05) is 16.0 Å². The van der Waals surface area contributed by atoms with E-state index in [-0.39, 0.29) is 5.78 Å². The number of methoxy groups -OCH3 is 1. The molecule has 0 N–H and O–H groups in total. The van der Waals surface area contributed by atoms with E-state index in [1.165, 1.54) is 4.90 Å². The van der Waals surface area contributed by atoms with Crippen LogP contribution in [0.3, 0.4) is 0 Å². The maximum absolute atomic E-state index is 12.6. The Hall–Kier alpha value is -1.74. The van der Waals surface area contributed by atoms with Gasteiger partial charge in [0.15, 0.2) is 5.78 Å². The number of benzene rings is 2. The Morgan fingerprint density at radius 3 is 2.33 bits per heavy atom. The standard InChI is InChI=1S/C18H20O2S/c1-5-21-15-8-6-14(7-9-15)18(19)16-10-13(3)17(20-4)11-12(16)2/h6-11H,5H2,1-4H3. The van der Waals surface area contributed by atoms with E-state index in [2.05, 4.69) is 6.92 Å². The summed E-state index contributed by atoms with van der Waals surface area (Å²) in [5, 5.41) is 0. The van der Waals surface area contributed by atoms with Gasteiger partial charge in [0.2, 0.25) is 0 Å². The molecule has 2 rings (SSSR count). The molecule has 2 aromatic rings. The molecule has 0 unspecified atom stereocenters. The van der Waals surface area contributed by atoms with Crippen LogP contribution in [0.1, 0.15) is 34.0 Å². The second kappa shape index (κ2) is 6.81. The van der Waals surface area contributed by atoms with Crippen LogP contribution in [0.15, 0.2) is 41.3 Å². The van der Waals surface area contributed by atoms with Crippen molar-refractivity contribution in [1.82, 2.24) is 0 Å². The maximum Gasteiger partial charge on any atom is 0.193 e. The molecular weight excluding hydrogens is 280 g/mol. The Morgan fingerprint density at radius 2 is 1.76 bits per heavy atom. The van der Waals surface area contributed by atoms with E-state index >= 15 is 0 Å². The van der Waals surface area contributed by atoms with Gasteiger partial charge in [-0.2, -0.15) is 0 Å². The fourth-order valence-electron chi connectivity index (χ4n) is 2.28. The second-order valence-corrected chi connectivity index (χ2v) is 6.26. The van der Waals surface area contributed by atoms with Crippen LogP contribution in [0.25, 0.3) is 0 Å². The highest BCUT2D eigenvalue weighted by Gasteiger charge is 2.14. The SMILES string of the molecule is CCSc1ccc(C(=O)c2cc(C)c(OC)cc2C)cc1. The predicted molar refractivity (Wildman–Crippen MR) is 88.7 cm³/mol. The molecule has 2 aromatic carbocycles. The van der Waals surface area contributed by atoms with Crippen molar-refractivity contribution in [3.8, 4) is 5.75 Å². The Morgan fingerprint density at radius 1 is 1.10 bits per heavy atom. The average Bonchev–Trinajstić information content (AvgIpc) is 2.49. The number of carbonyl (C=O) groups is 1. The number of carbonyl (C=O) groups excluding carboxylic acids is 1. The summed E-state index contributed by atoms with van der Waals surface area (Å²) >= 11 is 1.77. The first-order chi connectivity index (χ1) is 10.1. The molecule has 0 bridgehead atoms. The molecule has 2 nitrogen and oxygen atoms in total. The van der Waals surface area contributed by atoms with E-state index in [0.717, 1.165) is 33.8 Å². The van der Waals surface area contributed by atoms with Crippen LogP contribution >= 0.6 is 11.8 Å². The summed E-state index contributed by atoms with van der Waals surface area (Å²) < 4.78 is 5.29. The minimum atomic E-state index is 0.0614. The number of rotatable bonds is 5. The van der Waals surface area contributed by atoms with Gasteiger partial charge in [-0.05, 0) is 67.1 Å². The third-order valence-electron chi connectivity index (χ3n) is 3.41. The molecule has 0 atom stereocenters. The van der Waals surface area contributed by atoms with E-state index in [1.807, 2.05) is 50.2 Å². The zero-order chi connectivity index (χ0) is 15.4. The summed E-state index contributed by atoms with van der Waals surface area (Å²) in [4.78, 5) is 13.8. The van der Waals surface area contributed by atoms with Crippen molar-refractivity contribution in [3.05, 3.63) is 58.7 Å². The van der Waals surface area contributed by atoms with Crippen molar-refractivity contribution in [1.29, 1.82) is 0 Å². The molecule has 0 amide bonds. The molecular formula is C18H20O2S. The Labute approximate surface area is 130 Å². The van der Waals surface area contributed by atoms with Gasteiger partial charge in [0.1, 0.15) is 5.75 Å². The van der Waals surface area contributed by atoms with Crippen molar-refractivity contribution in [2.45, 2.75) is 25.7 Å². The molecule has 0 spiro atoms. The monoisotopic (exact) mass is 300 g/mol. The van der Waals surface area contributed by atoms with E-state index in [0.29, 0.717) is 0 Å². The van der Waals surface area contributed by atoms with Gasteiger partial charge in [0.05, 0.1) is 7.11 Å². The summed E-state index contributed by atoms with van der Waals surface area (Å²) in [6.45, 7) is 6.01. The highest BCUT2D eigenvalue weighted by molar-refractivity contribution is 7.99. The molecule has 3 heteroatoms. The fourth-order valence-corrected chi connectivity index (χ4v) is 2.94. The normalized spacial score (nSPS) is 10.5. The van der Waals surface area contributed by atoms with E-state index in [9.17, 15) is 4.79 Å². The lowest BCUT2D eigenvalue weighted by Crippen LogP contribution is -2.05. The Bertz CT molecular complexity index is 645. The molecule has 0 radical (unpaired) electrons. The van der Waals surface area contributed by atoms with Gasteiger partial charge in [-0.3, -0.25) is 4.79 Å². The Kier molecular flexibility index (Phi) is 5.07. The number of hydrogen-bond donors (Lipinski definition) is 0. The number of ketones is 1. The third-order valence-corrected chi connectivity index (χ3v) is 4.31. The molecule has 0 saturated heterocycles. The van der Waals surface area contributed by atoms with Gasteiger partial charge < -0.3 is 4.74 Å². The van der Waals surface area contributed by atoms with E-state index < -0.39 is 0 Å². The molecule has 0 aliphatic carbocycles. The lowest BCUT2D eigenvalue weighted by atomic mass is 9.97. The number of aryl methyl sites for hydroxylation is 2. The second-order valence-electron chi connectivity index (χ2n) is 4.92. The van der Waals surface area contributed by atoms with Crippen molar-refractivity contribution in [3.63, 3.8) is 0 Å². The van der Waals surface area contributed by atoms with Gasteiger partial charge >= 0.3 is 0 Å². The largest absolute Gasteiger partial charge is 0.496 e. The lowest BCUT2D eigenvalue weighted by Gasteiger charge is -2.11. The Balaban J connectivity index is 2.33. The highest BCUT2D eigenvalue weighted by atomic mass is 32.2. The minimum absolute atomic E-state index is 0.0614. The summed E-state index contributed by atoms with van der Waals surface area (Å²) in [6, 6.07) is 11.6. The van der Waals surface area contributed by atoms with Gasteiger partial charge in [0.25, 0.3) is 0 Å². The first-order valence-electron chi connectivity index (χ1n) is 6.99. The van der Waals surface area contributed by atoms with Crippen LogP contribution in [-0.4, -0.2) is 18.6 Å². The summed E-state index contributed by atoms with van der Waals surface area (Å²) in [5.74, 6) is 1.91. The first-order valence-corrected chi connectivity index (χ1v) is 7.98. The zero-order valence-corrected chi connectivity index (χ0v) is 13.7. The van der Waals surface area contributed by atoms with E-state index in [4.69, 9.17) is 4.74 Å². The number of thioether (sulfide) groups is 1. The summed E-state index contributed by atoms with van der Waals surface area (Å²) in [6.07, 6.45) is 0. The topological polar surface area (TPSA) is 26.3 Å². The van der Waals surface area contributed by atoms with Gasteiger partial charge in [-0.1, -0.05) is 6.92 Å². The fraction of sp³-hybridized carbons (Fsp3) is 0.278. The number of hydrogen-bond acceptors (Lipinski definition) is 3. The van der Waals surface area contributed by atoms with Gasteiger partial charge in [-0.25, -0.2) is 0 Å². The molecule has 0 saturated carbocycles. The molecule has 0 fully saturated rings. The van der Waals surface area contributed by atoms with Crippen LogP contribution < -0.4 is 4.74 Å². The van der Waals surface area contributed by atoms with Crippen LogP contribution in [-0.2, 0) is 0 Å². The van der Waals surface area contributed by atoms with Gasteiger partial charge in [-0.15, -0.1) is 11.8 Å².